The fourth-order valence-corrected chi connectivity index (χ4v) is 1.45. The Hall–Kier alpha value is -1.76. The minimum absolute atomic E-state index is 0.00296. The summed E-state index contributed by atoms with van der Waals surface area (Å²) in [5, 5.41) is 8.66. The van der Waals surface area contributed by atoms with Crippen LogP contribution in [0.15, 0.2) is 29.3 Å². The van der Waals surface area contributed by atoms with Crippen LogP contribution >= 0.6 is 15.9 Å². The van der Waals surface area contributed by atoms with Gasteiger partial charge in [0.25, 0.3) is 0 Å². The Morgan fingerprint density at radius 2 is 2.25 bits per heavy atom. The highest BCUT2D eigenvalue weighted by atomic mass is 79.9. The molecule has 0 unspecified atom stereocenters. The first kappa shape index (κ1) is 10.7. The second kappa shape index (κ2) is 4.01. The van der Waals surface area contributed by atoms with Gasteiger partial charge < -0.3 is 5.11 Å². The molecule has 0 aliphatic rings. The minimum Gasteiger partial charge on any atom is -0.476 e. The highest BCUT2D eigenvalue weighted by Crippen LogP contribution is 2.15. The Bertz CT molecular complexity index is 555. The van der Waals surface area contributed by atoms with E-state index in [0.29, 0.717) is 4.47 Å². The summed E-state index contributed by atoms with van der Waals surface area (Å²) in [6.45, 7) is 0. The van der Waals surface area contributed by atoms with Gasteiger partial charge in [-0.3, -0.25) is 4.57 Å². The van der Waals surface area contributed by atoms with E-state index < -0.39 is 11.8 Å². The van der Waals surface area contributed by atoms with Gasteiger partial charge in [-0.25, -0.2) is 19.2 Å². The summed E-state index contributed by atoms with van der Waals surface area (Å²) in [5.41, 5.74) is -0.163. The molecule has 1 N–H and O–H groups in total. The molecule has 5 nitrogen and oxygen atoms in total. The van der Waals surface area contributed by atoms with Crippen molar-refractivity contribution in [1.29, 1.82) is 0 Å². The highest BCUT2D eigenvalue weighted by molar-refractivity contribution is 9.10. The zero-order valence-electron chi connectivity index (χ0n) is 7.76. The third kappa shape index (κ3) is 1.94. The van der Waals surface area contributed by atoms with E-state index in [2.05, 4.69) is 25.9 Å². The molecule has 0 saturated heterocycles. The third-order valence-electron chi connectivity index (χ3n) is 1.83. The zero-order chi connectivity index (χ0) is 11.7. The molecule has 0 amide bonds. The summed E-state index contributed by atoms with van der Waals surface area (Å²) in [7, 11) is 0. The van der Waals surface area contributed by atoms with Crippen LogP contribution in [0.2, 0.25) is 0 Å². The number of halogens is 2. The Labute approximate surface area is 97.7 Å². The maximum atomic E-state index is 13.5. The highest BCUT2D eigenvalue weighted by Gasteiger charge is 2.11. The van der Waals surface area contributed by atoms with Gasteiger partial charge >= 0.3 is 5.97 Å². The van der Waals surface area contributed by atoms with Crippen LogP contribution in [0.4, 0.5) is 4.39 Å². The van der Waals surface area contributed by atoms with Crippen LogP contribution in [0.3, 0.4) is 0 Å². The summed E-state index contributed by atoms with van der Waals surface area (Å²) in [5.74, 6) is -1.73. The molecule has 2 aromatic rings. The molecule has 7 heteroatoms. The van der Waals surface area contributed by atoms with Crippen molar-refractivity contribution in [1.82, 2.24) is 14.5 Å². The fraction of sp³-hybridized carbons (Fsp3) is 0. The smallest absolute Gasteiger partial charge is 0.356 e. The number of pyridine rings is 1. The average Bonchev–Trinajstić information content (AvgIpc) is 2.66. The Morgan fingerprint density at radius 1 is 1.50 bits per heavy atom. The summed E-state index contributed by atoms with van der Waals surface area (Å²) in [4.78, 5) is 18.0. The van der Waals surface area contributed by atoms with E-state index in [-0.39, 0.29) is 11.5 Å². The molecule has 16 heavy (non-hydrogen) atoms. The van der Waals surface area contributed by atoms with Gasteiger partial charge in [-0.15, -0.1) is 0 Å². The topological polar surface area (TPSA) is 68.0 Å². The van der Waals surface area contributed by atoms with E-state index in [1.165, 1.54) is 29.4 Å². The molecule has 0 aliphatic carbocycles. The molecule has 82 valence electrons. The van der Waals surface area contributed by atoms with Crippen molar-refractivity contribution in [2.45, 2.75) is 0 Å². The van der Waals surface area contributed by atoms with Gasteiger partial charge in [0.1, 0.15) is 6.33 Å². The number of hydrogen-bond donors (Lipinski definition) is 1. The number of nitrogens with zero attached hydrogens (tertiary/aromatic N) is 3. The van der Waals surface area contributed by atoms with Gasteiger partial charge in [0.15, 0.2) is 17.3 Å². The normalized spacial score (nSPS) is 10.4. The van der Waals surface area contributed by atoms with Gasteiger partial charge in [0.2, 0.25) is 0 Å². The molecular weight excluding hydrogens is 281 g/mol. The fourth-order valence-electron chi connectivity index (χ4n) is 1.15. The maximum Gasteiger partial charge on any atom is 0.356 e. The lowest BCUT2D eigenvalue weighted by Gasteiger charge is -2.01. The second-order valence-corrected chi connectivity index (χ2v) is 3.85. The molecule has 0 aromatic carbocycles. The van der Waals surface area contributed by atoms with Gasteiger partial charge in [-0.2, -0.15) is 0 Å². The minimum atomic E-state index is -1.17. The standard InChI is InChI=1S/C9H5BrFN3O2/c10-5-1-6(11)8(12-2-5)14-3-7(9(15)16)13-4-14/h1-4H,(H,15,16). The summed E-state index contributed by atoms with van der Waals surface area (Å²) < 4.78 is 15.2. The van der Waals surface area contributed by atoms with Crippen molar-refractivity contribution < 1.29 is 14.3 Å². The van der Waals surface area contributed by atoms with Crippen LogP contribution in [0.1, 0.15) is 10.5 Å². The Balaban J connectivity index is 2.46. The number of carbonyl (C=O) groups is 1. The van der Waals surface area contributed by atoms with E-state index >= 15 is 0 Å². The lowest BCUT2D eigenvalue weighted by Crippen LogP contribution is -1.99. The van der Waals surface area contributed by atoms with Crippen LogP contribution in [-0.4, -0.2) is 25.6 Å². The van der Waals surface area contributed by atoms with E-state index in [1.807, 2.05) is 0 Å². The maximum absolute atomic E-state index is 13.5. The van der Waals surface area contributed by atoms with Crippen LogP contribution in [-0.2, 0) is 0 Å². The molecule has 0 saturated carbocycles. The zero-order valence-corrected chi connectivity index (χ0v) is 9.35. The van der Waals surface area contributed by atoms with Crippen LogP contribution in [0.5, 0.6) is 0 Å². The van der Waals surface area contributed by atoms with Crippen LogP contribution in [0, 0.1) is 5.82 Å². The van der Waals surface area contributed by atoms with Gasteiger partial charge in [0.05, 0.1) is 0 Å². The van der Waals surface area contributed by atoms with Crippen molar-refractivity contribution in [3.63, 3.8) is 0 Å². The SMILES string of the molecule is O=C(O)c1cn(-c2ncc(Br)cc2F)cn1. The number of imidazole rings is 1. The van der Waals surface area contributed by atoms with Crippen molar-refractivity contribution in [2.24, 2.45) is 0 Å². The van der Waals surface area contributed by atoms with Crippen LogP contribution < -0.4 is 0 Å². The number of hydrogen-bond acceptors (Lipinski definition) is 3. The lowest BCUT2D eigenvalue weighted by molar-refractivity contribution is 0.0691. The summed E-state index contributed by atoms with van der Waals surface area (Å²) >= 11 is 3.08. The predicted octanol–water partition coefficient (Wildman–Crippen LogP) is 1.87. The first-order valence-corrected chi connectivity index (χ1v) is 4.96. The number of rotatable bonds is 2. The summed E-state index contributed by atoms with van der Waals surface area (Å²) in [6.07, 6.45) is 3.81. The van der Waals surface area contributed by atoms with Crippen molar-refractivity contribution in [3.8, 4) is 5.82 Å². The van der Waals surface area contributed by atoms with Crippen molar-refractivity contribution in [3.05, 3.63) is 40.8 Å². The van der Waals surface area contributed by atoms with E-state index in [9.17, 15) is 9.18 Å². The first-order valence-electron chi connectivity index (χ1n) is 4.16. The molecule has 2 aromatic heterocycles. The number of aromatic carboxylic acids is 1. The molecule has 0 bridgehead atoms. The van der Waals surface area contributed by atoms with E-state index in [4.69, 9.17) is 5.11 Å². The Kier molecular flexibility index (Phi) is 2.69. The molecule has 0 radical (unpaired) electrons. The number of aromatic nitrogens is 3. The predicted molar refractivity (Wildman–Crippen MR) is 56.0 cm³/mol. The average molecular weight is 286 g/mol. The van der Waals surface area contributed by atoms with Gasteiger partial charge in [0, 0.05) is 16.9 Å². The second-order valence-electron chi connectivity index (χ2n) is 2.93. The molecule has 2 heterocycles. The van der Waals surface area contributed by atoms with E-state index in [0.717, 1.165) is 0 Å². The molecule has 2 rings (SSSR count). The third-order valence-corrected chi connectivity index (χ3v) is 2.27. The van der Waals surface area contributed by atoms with Gasteiger partial charge in [-0.1, -0.05) is 0 Å². The number of carboxylic acids is 1. The monoisotopic (exact) mass is 285 g/mol. The molecule has 0 spiro atoms. The lowest BCUT2D eigenvalue weighted by atomic mass is 10.4. The number of carboxylic acid groups (broad SMARTS) is 1. The largest absolute Gasteiger partial charge is 0.476 e. The first-order chi connectivity index (χ1) is 7.58. The molecular formula is C9H5BrFN3O2. The Morgan fingerprint density at radius 3 is 2.81 bits per heavy atom. The van der Waals surface area contributed by atoms with Crippen LogP contribution in [0.25, 0.3) is 5.82 Å². The quantitative estimate of drug-likeness (QED) is 0.915. The summed E-state index contributed by atoms with van der Waals surface area (Å²) in [6, 6.07) is 1.24. The molecule has 0 aliphatic heterocycles. The van der Waals surface area contributed by atoms with Crippen molar-refractivity contribution >= 4 is 21.9 Å². The van der Waals surface area contributed by atoms with Crippen molar-refractivity contribution in [2.75, 3.05) is 0 Å². The molecule has 0 atom stereocenters. The van der Waals surface area contributed by atoms with E-state index in [1.54, 1.807) is 0 Å². The van der Waals surface area contributed by atoms with Gasteiger partial charge in [-0.05, 0) is 22.0 Å². The molecule has 0 fully saturated rings.